The summed E-state index contributed by atoms with van der Waals surface area (Å²) in [5.74, 6) is 1.21. The van der Waals surface area contributed by atoms with Crippen LogP contribution in [0.3, 0.4) is 0 Å². The van der Waals surface area contributed by atoms with Gasteiger partial charge < -0.3 is 14.8 Å². The molecule has 1 aromatic heterocycles. The van der Waals surface area contributed by atoms with E-state index in [1.54, 1.807) is 20.3 Å². The summed E-state index contributed by atoms with van der Waals surface area (Å²) in [6, 6.07) is 29.5. The second-order valence-electron chi connectivity index (χ2n) is 8.17. The number of aromatic nitrogens is 2. The van der Waals surface area contributed by atoms with Gasteiger partial charge in [0.15, 0.2) is 0 Å². The zero-order valence-electron chi connectivity index (χ0n) is 19.5. The quantitative estimate of drug-likeness (QED) is 0.318. The Bertz CT molecular complexity index is 1460. The molecule has 1 heterocycles. The Morgan fingerprint density at radius 1 is 0.857 bits per heavy atom. The van der Waals surface area contributed by atoms with Crippen molar-refractivity contribution in [2.45, 2.75) is 6.54 Å². The molecule has 2 N–H and O–H groups in total. The molecular weight excluding hydrogens is 438 g/mol. The van der Waals surface area contributed by atoms with Gasteiger partial charge in [0.05, 0.1) is 25.6 Å². The van der Waals surface area contributed by atoms with Crippen LogP contribution in [0.25, 0.3) is 33.3 Å². The Labute approximate surface area is 203 Å². The fourth-order valence-corrected chi connectivity index (χ4v) is 4.11. The molecule has 0 atom stereocenters. The zero-order chi connectivity index (χ0) is 24.2. The first-order valence-corrected chi connectivity index (χ1v) is 11.3. The van der Waals surface area contributed by atoms with Crippen molar-refractivity contribution in [3.63, 3.8) is 0 Å². The number of methoxy groups -OCH3 is 2. The van der Waals surface area contributed by atoms with E-state index in [0.717, 1.165) is 28.1 Å². The minimum atomic E-state index is -0.156. The van der Waals surface area contributed by atoms with Crippen LogP contribution in [0.4, 0.5) is 0 Å². The standard InChI is InChI=1S/C29H25N3O3/c1-34-23-14-19(15-24(16-23)35-2)18-30-29(33)22-12-10-21(11-13-22)27-17-28(32-31-27)26-9-5-7-20-6-3-4-8-25(20)26/h3-17H,18H2,1-2H3,(H,30,33)(H,31,32). The molecule has 0 saturated heterocycles. The van der Waals surface area contributed by atoms with Gasteiger partial charge >= 0.3 is 0 Å². The highest BCUT2D eigenvalue weighted by Gasteiger charge is 2.11. The lowest BCUT2D eigenvalue weighted by Crippen LogP contribution is -2.22. The highest BCUT2D eigenvalue weighted by atomic mass is 16.5. The normalized spacial score (nSPS) is 10.8. The summed E-state index contributed by atoms with van der Waals surface area (Å²) in [5.41, 5.74) is 5.28. The lowest BCUT2D eigenvalue weighted by molar-refractivity contribution is 0.0951. The van der Waals surface area contributed by atoms with Crippen LogP contribution in [-0.4, -0.2) is 30.3 Å². The van der Waals surface area contributed by atoms with Gasteiger partial charge in [-0.1, -0.05) is 54.6 Å². The van der Waals surface area contributed by atoms with Crippen LogP contribution in [-0.2, 0) is 6.54 Å². The van der Waals surface area contributed by atoms with Crippen molar-refractivity contribution in [1.82, 2.24) is 15.5 Å². The summed E-state index contributed by atoms with van der Waals surface area (Å²) in [5, 5.41) is 13.0. The first-order valence-electron chi connectivity index (χ1n) is 11.3. The predicted octanol–water partition coefficient (Wildman–Crippen LogP) is 5.84. The van der Waals surface area contributed by atoms with Crippen molar-refractivity contribution in [2.75, 3.05) is 14.2 Å². The minimum absolute atomic E-state index is 0.156. The number of carbonyl (C=O) groups excluding carboxylic acids is 1. The molecule has 174 valence electrons. The molecule has 6 heteroatoms. The third-order valence-electron chi connectivity index (χ3n) is 5.96. The number of aromatic amines is 1. The second kappa shape index (κ2) is 9.73. The highest BCUT2D eigenvalue weighted by Crippen LogP contribution is 2.30. The van der Waals surface area contributed by atoms with Crippen LogP contribution >= 0.6 is 0 Å². The number of rotatable bonds is 7. The van der Waals surface area contributed by atoms with Gasteiger partial charge in [-0.2, -0.15) is 5.10 Å². The average Bonchev–Trinajstić information content (AvgIpc) is 3.41. The van der Waals surface area contributed by atoms with Gasteiger partial charge in [-0.3, -0.25) is 9.89 Å². The molecule has 1 amide bonds. The maximum atomic E-state index is 12.7. The molecule has 0 aliphatic carbocycles. The number of H-pyrrole nitrogens is 1. The van der Waals surface area contributed by atoms with E-state index in [-0.39, 0.29) is 5.91 Å². The van der Waals surface area contributed by atoms with Crippen molar-refractivity contribution in [3.05, 3.63) is 102 Å². The molecule has 4 aromatic carbocycles. The zero-order valence-corrected chi connectivity index (χ0v) is 19.5. The van der Waals surface area contributed by atoms with Crippen LogP contribution in [0.15, 0.2) is 91.0 Å². The van der Waals surface area contributed by atoms with E-state index < -0.39 is 0 Å². The number of nitrogens with zero attached hydrogens (tertiary/aromatic N) is 1. The monoisotopic (exact) mass is 463 g/mol. The summed E-state index contributed by atoms with van der Waals surface area (Å²) < 4.78 is 10.6. The third kappa shape index (κ3) is 4.73. The molecule has 0 bridgehead atoms. The molecular formula is C29H25N3O3. The first-order chi connectivity index (χ1) is 17.1. The SMILES string of the molecule is COc1cc(CNC(=O)c2ccc(-c3cc(-c4cccc5ccccc45)[nH]n3)cc2)cc(OC)c1. The summed E-state index contributed by atoms with van der Waals surface area (Å²) in [7, 11) is 3.20. The number of hydrogen-bond acceptors (Lipinski definition) is 4. The van der Waals surface area contributed by atoms with Gasteiger partial charge in [-0.05, 0) is 46.7 Å². The van der Waals surface area contributed by atoms with Gasteiger partial charge in [0.2, 0.25) is 0 Å². The topological polar surface area (TPSA) is 76.2 Å². The Hall–Kier alpha value is -4.58. The third-order valence-corrected chi connectivity index (χ3v) is 5.96. The maximum absolute atomic E-state index is 12.7. The number of carbonyl (C=O) groups is 1. The molecule has 6 nitrogen and oxygen atoms in total. The van der Waals surface area contributed by atoms with E-state index in [1.165, 1.54) is 10.8 Å². The highest BCUT2D eigenvalue weighted by molar-refractivity contribution is 5.96. The second-order valence-corrected chi connectivity index (χ2v) is 8.17. The Morgan fingerprint density at radius 2 is 1.57 bits per heavy atom. The molecule has 0 radical (unpaired) electrons. The van der Waals surface area contributed by atoms with E-state index in [9.17, 15) is 4.79 Å². The van der Waals surface area contributed by atoms with E-state index in [0.29, 0.717) is 23.6 Å². The van der Waals surface area contributed by atoms with E-state index in [1.807, 2.05) is 60.7 Å². The number of benzene rings is 4. The first kappa shape index (κ1) is 22.2. The maximum Gasteiger partial charge on any atom is 0.251 e. The van der Waals surface area contributed by atoms with Crippen molar-refractivity contribution in [1.29, 1.82) is 0 Å². The number of nitrogens with one attached hydrogen (secondary N) is 2. The molecule has 5 rings (SSSR count). The van der Waals surface area contributed by atoms with Gasteiger partial charge in [0.25, 0.3) is 5.91 Å². The van der Waals surface area contributed by atoms with Crippen LogP contribution in [0.2, 0.25) is 0 Å². The van der Waals surface area contributed by atoms with E-state index in [4.69, 9.17) is 9.47 Å². The van der Waals surface area contributed by atoms with Crippen molar-refractivity contribution in [3.8, 4) is 34.0 Å². The predicted molar refractivity (Wildman–Crippen MR) is 138 cm³/mol. The molecule has 0 aliphatic heterocycles. The summed E-state index contributed by atoms with van der Waals surface area (Å²) in [4.78, 5) is 12.7. The van der Waals surface area contributed by atoms with E-state index in [2.05, 4.69) is 39.8 Å². The van der Waals surface area contributed by atoms with Gasteiger partial charge in [-0.25, -0.2) is 0 Å². The summed E-state index contributed by atoms with van der Waals surface area (Å²) in [6.07, 6.45) is 0. The number of fused-ring (bicyclic) bond motifs is 1. The minimum Gasteiger partial charge on any atom is -0.497 e. The van der Waals surface area contributed by atoms with Crippen LogP contribution < -0.4 is 14.8 Å². The smallest absolute Gasteiger partial charge is 0.251 e. The van der Waals surface area contributed by atoms with Gasteiger partial charge in [0.1, 0.15) is 11.5 Å². The molecule has 0 aliphatic rings. The molecule has 0 fully saturated rings. The van der Waals surface area contributed by atoms with Crippen molar-refractivity contribution < 1.29 is 14.3 Å². The van der Waals surface area contributed by atoms with Crippen LogP contribution in [0, 0.1) is 0 Å². The van der Waals surface area contributed by atoms with Crippen molar-refractivity contribution in [2.24, 2.45) is 0 Å². The lowest BCUT2D eigenvalue weighted by atomic mass is 10.0. The molecule has 5 aromatic rings. The molecule has 0 saturated carbocycles. The largest absolute Gasteiger partial charge is 0.497 e. The van der Waals surface area contributed by atoms with Crippen LogP contribution in [0.5, 0.6) is 11.5 Å². The fourth-order valence-electron chi connectivity index (χ4n) is 4.11. The number of ether oxygens (including phenoxy) is 2. The average molecular weight is 464 g/mol. The van der Waals surface area contributed by atoms with Crippen LogP contribution in [0.1, 0.15) is 15.9 Å². The Balaban J connectivity index is 1.30. The fraction of sp³-hybridized carbons (Fsp3) is 0.103. The van der Waals surface area contributed by atoms with E-state index >= 15 is 0 Å². The van der Waals surface area contributed by atoms with Crippen molar-refractivity contribution >= 4 is 16.7 Å². The lowest BCUT2D eigenvalue weighted by Gasteiger charge is -2.10. The molecule has 35 heavy (non-hydrogen) atoms. The molecule has 0 spiro atoms. The number of amides is 1. The Morgan fingerprint density at radius 3 is 2.31 bits per heavy atom. The van der Waals surface area contributed by atoms with Gasteiger partial charge in [-0.15, -0.1) is 0 Å². The summed E-state index contributed by atoms with van der Waals surface area (Å²) >= 11 is 0. The Kier molecular flexibility index (Phi) is 6.18. The molecule has 0 unspecified atom stereocenters. The van der Waals surface area contributed by atoms with Gasteiger partial charge in [0, 0.05) is 29.3 Å². The number of hydrogen-bond donors (Lipinski definition) is 2. The summed E-state index contributed by atoms with van der Waals surface area (Å²) in [6.45, 7) is 0.363.